The second-order valence-corrected chi connectivity index (χ2v) is 5.61. The van der Waals surface area contributed by atoms with Gasteiger partial charge in [-0.1, -0.05) is 17.7 Å². The van der Waals surface area contributed by atoms with Gasteiger partial charge in [-0.25, -0.2) is 4.79 Å². The van der Waals surface area contributed by atoms with Crippen molar-refractivity contribution in [3.8, 4) is 23.0 Å². The third kappa shape index (κ3) is 5.95. The van der Waals surface area contributed by atoms with E-state index in [2.05, 4.69) is 0 Å². The lowest BCUT2D eigenvalue weighted by Gasteiger charge is -2.12. The summed E-state index contributed by atoms with van der Waals surface area (Å²) in [5.74, 6) is 1.90. The van der Waals surface area contributed by atoms with E-state index in [0.717, 1.165) is 11.3 Å². The summed E-state index contributed by atoms with van der Waals surface area (Å²) in [7, 11) is 4.63. The Labute approximate surface area is 159 Å². The first-order valence-electron chi connectivity index (χ1n) is 8.41. The fourth-order valence-electron chi connectivity index (χ4n) is 2.33. The first-order chi connectivity index (χ1) is 13.1. The van der Waals surface area contributed by atoms with Crippen LogP contribution in [0.3, 0.4) is 0 Å². The van der Waals surface area contributed by atoms with E-state index in [1.165, 1.54) is 6.08 Å². The van der Waals surface area contributed by atoms with E-state index in [1.54, 1.807) is 39.5 Å². The third-order valence-electron chi connectivity index (χ3n) is 3.75. The van der Waals surface area contributed by atoms with Crippen molar-refractivity contribution in [3.05, 3.63) is 53.6 Å². The molecular weight excluding hydrogens is 348 g/mol. The topological polar surface area (TPSA) is 63.2 Å². The van der Waals surface area contributed by atoms with Gasteiger partial charge in [0, 0.05) is 17.7 Å². The second-order valence-electron chi connectivity index (χ2n) is 5.61. The predicted octanol–water partition coefficient (Wildman–Crippen LogP) is 3.66. The van der Waals surface area contributed by atoms with E-state index in [4.69, 9.17) is 23.7 Å². The lowest BCUT2D eigenvalue weighted by Crippen LogP contribution is -2.10. The summed E-state index contributed by atoms with van der Waals surface area (Å²) >= 11 is 0. The summed E-state index contributed by atoms with van der Waals surface area (Å²) in [6.07, 6.45) is 2.93. The summed E-state index contributed by atoms with van der Waals surface area (Å²) in [6, 6.07) is 11.1. The van der Waals surface area contributed by atoms with Crippen molar-refractivity contribution in [1.82, 2.24) is 0 Å². The van der Waals surface area contributed by atoms with Crippen LogP contribution >= 0.6 is 0 Å². The van der Waals surface area contributed by atoms with Crippen molar-refractivity contribution in [2.24, 2.45) is 0 Å². The zero-order valence-electron chi connectivity index (χ0n) is 16.0. The van der Waals surface area contributed by atoms with Gasteiger partial charge in [-0.2, -0.15) is 0 Å². The Balaban J connectivity index is 1.89. The minimum Gasteiger partial charge on any atom is -0.496 e. The van der Waals surface area contributed by atoms with Crippen LogP contribution in [0.2, 0.25) is 0 Å². The molecule has 0 aliphatic carbocycles. The maximum atomic E-state index is 11.9. The molecule has 2 aromatic rings. The molecule has 0 fully saturated rings. The van der Waals surface area contributed by atoms with Gasteiger partial charge in [-0.15, -0.1) is 0 Å². The van der Waals surface area contributed by atoms with E-state index in [9.17, 15) is 4.79 Å². The highest BCUT2D eigenvalue weighted by Crippen LogP contribution is 2.35. The average Bonchev–Trinajstić information content (AvgIpc) is 2.70. The van der Waals surface area contributed by atoms with Crippen LogP contribution in [0.4, 0.5) is 0 Å². The van der Waals surface area contributed by atoms with Gasteiger partial charge < -0.3 is 23.7 Å². The lowest BCUT2D eigenvalue weighted by molar-refractivity contribution is -0.138. The standard InChI is InChI=1S/C21H24O6/c1-15-5-8-17(9-6-15)26-11-12-27-21(22)10-7-16-13-19(24-3)20(25-4)14-18(16)23-2/h5-10,13-14H,11-12H2,1-4H3/b10-7+. The van der Waals surface area contributed by atoms with Crippen LogP contribution < -0.4 is 18.9 Å². The van der Waals surface area contributed by atoms with Crippen molar-refractivity contribution in [2.45, 2.75) is 6.92 Å². The summed E-state index contributed by atoms with van der Waals surface area (Å²) in [5.41, 5.74) is 1.83. The number of carbonyl (C=O) groups excluding carboxylic acids is 1. The maximum absolute atomic E-state index is 11.9. The van der Waals surface area contributed by atoms with E-state index in [0.29, 0.717) is 22.8 Å². The van der Waals surface area contributed by atoms with Crippen LogP contribution in [0.5, 0.6) is 23.0 Å². The predicted molar refractivity (Wildman–Crippen MR) is 103 cm³/mol. The third-order valence-corrected chi connectivity index (χ3v) is 3.75. The first kappa shape index (κ1) is 20.2. The van der Waals surface area contributed by atoms with Crippen molar-refractivity contribution in [2.75, 3.05) is 34.5 Å². The van der Waals surface area contributed by atoms with Crippen LogP contribution in [-0.4, -0.2) is 40.5 Å². The Morgan fingerprint density at radius 3 is 2.15 bits per heavy atom. The second kappa shape index (κ2) is 10.1. The molecule has 144 valence electrons. The van der Waals surface area contributed by atoms with Crippen LogP contribution in [0.25, 0.3) is 6.08 Å². The van der Waals surface area contributed by atoms with E-state index < -0.39 is 5.97 Å². The molecule has 0 spiro atoms. The number of aryl methyl sites for hydroxylation is 1. The quantitative estimate of drug-likeness (QED) is 0.380. The SMILES string of the molecule is COc1cc(OC)c(OC)cc1/C=C/C(=O)OCCOc1ccc(C)cc1. The number of benzene rings is 2. The molecule has 0 aliphatic rings. The number of esters is 1. The maximum Gasteiger partial charge on any atom is 0.330 e. The molecule has 2 rings (SSSR count). The zero-order chi connectivity index (χ0) is 19.6. The van der Waals surface area contributed by atoms with Gasteiger partial charge >= 0.3 is 5.97 Å². The molecule has 0 saturated carbocycles. The number of hydrogen-bond acceptors (Lipinski definition) is 6. The Hall–Kier alpha value is -3.15. The molecule has 0 saturated heterocycles. The largest absolute Gasteiger partial charge is 0.496 e. The molecule has 0 atom stereocenters. The Bertz CT molecular complexity index is 780. The number of carbonyl (C=O) groups is 1. The summed E-state index contributed by atoms with van der Waals surface area (Å²) in [4.78, 5) is 11.9. The highest BCUT2D eigenvalue weighted by Gasteiger charge is 2.10. The Morgan fingerprint density at radius 1 is 0.889 bits per heavy atom. The molecule has 0 amide bonds. The molecule has 0 bridgehead atoms. The number of hydrogen-bond donors (Lipinski definition) is 0. The lowest BCUT2D eigenvalue weighted by atomic mass is 10.1. The highest BCUT2D eigenvalue weighted by atomic mass is 16.6. The van der Waals surface area contributed by atoms with Gasteiger partial charge in [-0.05, 0) is 31.2 Å². The number of rotatable bonds is 9. The van der Waals surface area contributed by atoms with Gasteiger partial charge in [0.25, 0.3) is 0 Å². The van der Waals surface area contributed by atoms with Gasteiger partial charge in [0.15, 0.2) is 11.5 Å². The van der Waals surface area contributed by atoms with Gasteiger partial charge in [0.1, 0.15) is 24.7 Å². The fourth-order valence-corrected chi connectivity index (χ4v) is 2.33. The molecule has 0 heterocycles. The number of methoxy groups -OCH3 is 3. The average molecular weight is 372 g/mol. The van der Waals surface area contributed by atoms with E-state index in [1.807, 2.05) is 31.2 Å². The Kier molecular flexibility index (Phi) is 7.55. The van der Waals surface area contributed by atoms with Crippen molar-refractivity contribution in [3.63, 3.8) is 0 Å². The Morgan fingerprint density at radius 2 is 1.52 bits per heavy atom. The summed E-state index contributed by atoms with van der Waals surface area (Å²) in [6.45, 7) is 2.44. The first-order valence-corrected chi connectivity index (χ1v) is 8.41. The molecule has 0 radical (unpaired) electrons. The molecule has 27 heavy (non-hydrogen) atoms. The smallest absolute Gasteiger partial charge is 0.330 e. The summed E-state index contributed by atoms with van der Waals surface area (Å²) in [5, 5.41) is 0. The highest BCUT2D eigenvalue weighted by molar-refractivity contribution is 5.87. The zero-order valence-corrected chi connectivity index (χ0v) is 16.0. The molecule has 6 heteroatoms. The molecular formula is C21H24O6. The van der Waals surface area contributed by atoms with Gasteiger partial charge in [0.2, 0.25) is 0 Å². The van der Waals surface area contributed by atoms with Gasteiger partial charge in [-0.3, -0.25) is 0 Å². The van der Waals surface area contributed by atoms with Crippen molar-refractivity contribution in [1.29, 1.82) is 0 Å². The van der Waals surface area contributed by atoms with Crippen LogP contribution in [-0.2, 0) is 9.53 Å². The molecule has 0 aliphatic heterocycles. The molecule has 0 aromatic heterocycles. The summed E-state index contributed by atoms with van der Waals surface area (Å²) < 4.78 is 26.5. The van der Waals surface area contributed by atoms with Crippen molar-refractivity contribution >= 4 is 12.0 Å². The normalized spacial score (nSPS) is 10.5. The van der Waals surface area contributed by atoms with Gasteiger partial charge in [0.05, 0.1) is 21.3 Å². The number of ether oxygens (including phenoxy) is 5. The van der Waals surface area contributed by atoms with Crippen molar-refractivity contribution < 1.29 is 28.5 Å². The molecule has 2 aromatic carbocycles. The minimum atomic E-state index is -0.473. The van der Waals surface area contributed by atoms with Crippen LogP contribution in [0.1, 0.15) is 11.1 Å². The van der Waals surface area contributed by atoms with E-state index in [-0.39, 0.29) is 13.2 Å². The van der Waals surface area contributed by atoms with Crippen LogP contribution in [0, 0.1) is 6.92 Å². The fraction of sp³-hybridized carbons (Fsp3) is 0.286. The van der Waals surface area contributed by atoms with Crippen LogP contribution in [0.15, 0.2) is 42.5 Å². The molecule has 6 nitrogen and oxygen atoms in total. The molecule has 0 unspecified atom stereocenters. The molecule has 0 N–H and O–H groups in total. The van der Waals surface area contributed by atoms with E-state index >= 15 is 0 Å². The minimum absolute atomic E-state index is 0.153. The monoisotopic (exact) mass is 372 g/mol.